The van der Waals surface area contributed by atoms with Gasteiger partial charge in [-0.2, -0.15) is 0 Å². The standard InChI is InChI=1S/C14H15NO5S2/c1-20-14-5-3-2-4-11(14)10-15-22(18,19)13-8-6-12(7-9-13)21(16)17/h2-9,15,21H,10H2,1H3. The molecule has 22 heavy (non-hydrogen) atoms. The van der Waals surface area contributed by atoms with Crippen molar-refractivity contribution in [2.24, 2.45) is 0 Å². The third kappa shape index (κ3) is 3.85. The van der Waals surface area contributed by atoms with Crippen molar-refractivity contribution in [3.05, 3.63) is 54.1 Å². The first-order chi connectivity index (χ1) is 10.4. The number of thiol groups is 1. The van der Waals surface area contributed by atoms with Crippen LogP contribution >= 0.6 is 0 Å². The first kappa shape index (κ1) is 16.5. The zero-order valence-corrected chi connectivity index (χ0v) is 13.4. The molecule has 0 aliphatic rings. The topological polar surface area (TPSA) is 89.5 Å². The molecule has 2 rings (SSSR count). The van der Waals surface area contributed by atoms with Crippen molar-refractivity contribution in [3.63, 3.8) is 0 Å². The summed E-state index contributed by atoms with van der Waals surface area (Å²) in [6.07, 6.45) is 0. The van der Waals surface area contributed by atoms with Gasteiger partial charge in [-0.05, 0) is 30.3 Å². The third-order valence-corrected chi connectivity index (χ3v) is 5.14. The van der Waals surface area contributed by atoms with Gasteiger partial charge in [0.25, 0.3) is 0 Å². The summed E-state index contributed by atoms with van der Waals surface area (Å²) in [5.74, 6) is 0.587. The van der Waals surface area contributed by atoms with Crippen molar-refractivity contribution in [2.75, 3.05) is 7.11 Å². The van der Waals surface area contributed by atoms with E-state index in [1.165, 1.54) is 31.4 Å². The number of benzene rings is 2. The van der Waals surface area contributed by atoms with Crippen molar-refractivity contribution < 1.29 is 21.6 Å². The maximum absolute atomic E-state index is 12.2. The highest BCUT2D eigenvalue weighted by Gasteiger charge is 2.14. The molecule has 0 aliphatic heterocycles. The lowest BCUT2D eigenvalue weighted by molar-refractivity contribution is 0.409. The van der Waals surface area contributed by atoms with E-state index >= 15 is 0 Å². The molecule has 0 unspecified atom stereocenters. The summed E-state index contributed by atoms with van der Waals surface area (Å²) >= 11 is 0. The lowest BCUT2D eigenvalue weighted by Crippen LogP contribution is -2.23. The van der Waals surface area contributed by atoms with Gasteiger partial charge in [-0.1, -0.05) is 18.2 Å². The first-order valence-corrected chi connectivity index (χ1v) is 8.96. The number of nitrogens with one attached hydrogen (secondary N) is 1. The minimum Gasteiger partial charge on any atom is -0.496 e. The van der Waals surface area contributed by atoms with Crippen LogP contribution < -0.4 is 9.46 Å². The van der Waals surface area contributed by atoms with Gasteiger partial charge < -0.3 is 4.74 Å². The van der Waals surface area contributed by atoms with Gasteiger partial charge in [0, 0.05) is 12.1 Å². The Balaban J connectivity index is 2.17. The van der Waals surface area contributed by atoms with Crippen molar-refractivity contribution in [3.8, 4) is 5.75 Å². The average Bonchev–Trinajstić information content (AvgIpc) is 2.53. The van der Waals surface area contributed by atoms with Gasteiger partial charge in [-0.3, -0.25) is 0 Å². The number of para-hydroxylation sites is 1. The summed E-state index contributed by atoms with van der Waals surface area (Å²) in [7, 11) is -4.94. The summed E-state index contributed by atoms with van der Waals surface area (Å²) in [6.45, 7) is 0.0733. The Hall–Kier alpha value is -1.90. The molecular formula is C14H15NO5S2. The van der Waals surface area contributed by atoms with Crippen LogP contribution in [0.5, 0.6) is 5.75 Å². The lowest BCUT2D eigenvalue weighted by Gasteiger charge is -2.10. The molecule has 8 heteroatoms. The Bertz CT molecular complexity index is 819. The fraction of sp³-hybridized carbons (Fsp3) is 0.143. The van der Waals surface area contributed by atoms with E-state index in [1.54, 1.807) is 24.3 Å². The average molecular weight is 341 g/mol. The summed E-state index contributed by atoms with van der Waals surface area (Å²) in [6, 6.07) is 12.1. The largest absolute Gasteiger partial charge is 0.496 e. The maximum Gasteiger partial charge on any atom is 0.240 e. The highest BCUT2D eigenvalue weighted by Crippen LogP contribution is 2.18. The van der Waals surface area contributed by atoms with E-state index < -0.39 is 20.7 Å². The molecule has 0 spiro atoms. The first-order valence-electron chi connectivity index (χ1n) is 6.30. The minimum absolute atomic E-state index is 0.00278. The molecule has 6 nitrogen and oxygen atoms in total. The van der Waals surface area contributed by atoms with Crippen LogP contribution in [0.3, 0.4) is 0 Å². The van der Waals surface area contributed by atoms with Crippen LogP contribution in [0, 0.1) is 0 Å². The zero-order valence-electron chi connectivity index (χ0n) is 11.7. The van der Waals surface area contributed by atoms with Crippen LogP contribution in [0.1, 0.15) is 5.56 Å². The van der Waals surface area contributed by atoms with Crippen molar-refractivity contribution in [2.45, 2.75) is 16.3 Å². The summed E-state index contributed by atoms with van der Waals surface area (Å²) in [5, 5.41) is 0. The molecule has 2 aromatic rings. The quantitative estimate of drug-likeness (QED) is 0.769. The Morgan fingerprint density at radius 1 is 1.05 bits per heavy atom. The molecule has 0 bridgehead atoms. The molecular weight excluding hydrogens is 326 g/mol. The Morgan fingerprint density at radius 2 is 1.68 bits per heavy atom. The Morgan fingerprint density at radius 3 is 2.27 bits per heavy atom. The number of methoxy groups -OCH3 is 1. The lowest BCUT2D eigenvalue weighted by atomic mass is 10.2. The Kier molecular flexibility index (Phi) is 5.17. The molecule has 1 N–H and O–H groups in total. The molecule has 0 amide bonds. The van der Waals surface area contributed by atoms with Crippen molar-refractivity contribution in [1.29, 1.82) is 0 Å². The predicted molar refractivity (Wildman–Crippen MR) is 82.0 cm³/mol. The van der Waals surface area contributed by atoms with Crippen molar-refractivity contribution >= 4 is 20.7 Å². The van der Waals surface area contributed by atoms with E-state index in [-0.39, 0.29) is 16.3 Å². The van der Waals surface area contributed by atoms with Gasteiger partial charge in [0.05, 0.1) is 16.9 Å². The molecule has 0 saturated heterocycles. The van der Waals surface area contributed by atoms with Gasteiger partial charge in [-0.25, -0.2) is 21.6 Å². The number of sulfonamides is 1. The normalized spacial score (nSPS) is 11.5. The van der Waals surface area contributed by atoms with Gasteiger partial charge >= 0.3 is 0 Å². The van der Waals surface area contributed by atoms with Gasteiger partial charge in [0.15, 0.2) is 10.7 Å². The molecule has 118 valence electrons. The van der Waals surface area contributed by atoms with Gasteiger partial charge in [0.1, 0.15) is 5.75 Å². The summed E-state index contributed by atoms with van der Waals surface area (Å²) in [4.78, 5) is 0.0710. The molecule has 0 atom stereocenters. The van der Waals surface area contributed by atoms with Crippen LogP contribution in [0.4, 0.5) is 0 Å². The van der Waals surface area contributed by atoms with Crippen LogP contribution in [0.15, 0.2) is 58.3 Å². The van der Waals surface area contributed by atoms with E-state index in [4.69, 9.17) is 4.74 Å². The number of hydrogen-bond donors (Lipinski definition) is 2. The second-order valence-electron chi connectivity index (χ2n) is 4.39. The highest BCUT2D eigenvalue weighted by molar-refractivity contribution is 7.89. The van der Waals surface area contributed by atoms with Crippen LogP contribution in [-0.2, 0) is 27.3 Å². The zero-order chi connectivity index (χ0) is 16.2. The van der Waals surface area contributed by atoms with Crippen LogP contribution in [0.25, 0.3) is 0 Å². The molecule has 0 fully saturated rings. The highest BCUT2D eigenvalue weighted by atomic mass is 32.2. The third-order valence-electron chi connectivity index (χ3n) is 3.00. The fourth-order valence-corrected chi connectivity index (χ4v) is 3.25. The maximum atomic E-state index is 12.2. The van der Waals surface area contributed by atoms with E-state index in [0.29, 0.717) is 11.3 Å². The fourth-order valence-electron chi connectivity index (χ4n) is 1.85. The number of hydrogen-bond acceptors (Lipinski definition) is 5. The number of ether oxygens (including phenoxy) is 1. The Labute approximate surface area is 130 Å². The van der Waals surface area contributed by atoms with Crippen LogP contribution in [0.2, 0.25) is 0 Å². The molecule has 0 aromatic heterocycles. The number of rotatable bonds is 6. The second kappa shape index (κ2) is 6.91. The van der Waals surface area contributed by atoms with Crippen molar-refractivity contribution in [1.82, 2.24) is 4.72 Å². The summed E-state index contributed by atoms with van der Waals surface area (Å²) in [5.41, 5.74) is 0.702. The smallest absolute Gasteiger partial charge is 0.240 e. The molecule has 2 aromatic carbocycles. The SMILES string of the molecule is COc1ccccc1CNS(=O)(=O)c1ccc([SH](=O)=O)cc1. The van der Waals surface area contributed by atoms with E-state index in [2.05, 4.69) is 4.72 Å². The van der Waals surface area contributed by atoms with E-state index in [9.17, 15) is 16.8 Å². The molecule has 0 aliphatic carbocycles. The van der Waals surface area contributed by atoms with Gasteiger partial charge in [-0.15, -0.1) is 0 Å². The summed E-state index contributed by atoms with van der Waals surface area (Å²) < 4.78 is 53.6. The van der Waals surface area contributed by atoms with Gasteiger partial charge in [0.2, 0.25) is 10.0 Å². The minimum atomic E-state index is -3.73. The monoisotopic (exact) mass is 341 g/mol. The second-order valence-corrected chi connectivity index (χ2v) is 7.18. The molecule has 0 saturated carbocycles. The molecule has 0 radical (unpaired) electrons. The predicted octanol–water partition coefficient (Wildman–Crippen LogP) is 1.14. The van der Waals surface area contributed by atoms with E-state index in [1.807, 2.05) is 0 Å². The van der Waals surface area contributed by atoms with E-state index in [0.717, 1.165) is 0 Å². The molecule has 0 heterocycles. The van der Waals surface area contributed by atoms with Crippen LogP contribution in [-0.4, -0.2) is 23.9 Å².